The molecule has 0 aromatic rings. The highest BCUT2D eigenvalue weighted by atomic mass is 16.5. The van der Waals surface area contributed by atoms with Gasteiger partial charge in [0.05, 0.1) is 0 Å². The summed E-state index contributed by atoms with van der Waals surface area (Å²) in [4.78, 5) is 0. The van der Waals surface area contributed by atoms with Gasteiger partial charge in [0.25, 0.3) is 0 Å². The molecule has 0 aromatic carbocycles. The molecule has 0 heterocycles. The highest BCUT2D eigenvalue weighted by Gasteiger charge is 1.82. The first kappa shape index (κ1) is 7.88. The van der Waals surface area contributed by atoms with E-state index in [4.69, 9.17) is 9.94 Å². The van der Waals surface area contributed by atoms with Crippen LogP contribution in [0.1, 0.15) is 13.3 Å². The molecule has 50 valence electrons. The minimum absolute atomic E-state index is 0.611. The zero-order chi connectivity index (χ0) is 6.24. The van der Waals surface area contributed by atoms with Crippen molar-refractivity contribution in [1.29, 1.82) is 0 Å². The van der Waals surface area contributed by atoms with E-state index in [1.54, 1.807) is 0 Å². The van der Waals surface area contributed by atoms with Crippen molar-refractivity contribution in [3.8, 4) is 0 Å². The number of hydrogen-bond donors (Lipinski definition) is 2. The van der Waals surface area contributed by atoms with Crippen LogP contribution in [-0.2, 0) is 4.74 Å². The first-order valence-corrected chi connectivity index (χ1v) is 2.86. The van der Waals surface area contributed by atoms with Gasteiger partial charge in [0.1, 0.15) is 0 Å². The van der Waals surface area contributed by atoms with Crippen molar-refractivity contribution >= 4 is 0 Å². The van der Waals surface area contributed by atoms with Crippen molar-refractivity contribution in [2.45, 2.75) is 13.3 Å². The Morgan fingerprint density at radius 1 is 1.62 bits per heavy atom. The molecule has 3 nitrogen and oxygen atoms in total. The van der Waals surface area contributed by atoms with Crippen LogP contribution in [0, 0.1) is 0 Å². The third-order valence-corrected chi connectivity index (χ3v) is 0.781. The van der Waals surface area contributed by atoms with Gasteiger partial charge < -0.3 is 9.94 Å². The van der Waals surface area contributed by atoms with Crippen LogP contribution >= 0.6 is 0 Å². The van der Waals surface area contributed by atoms with E-state index >= 15 is 0 Å². The Hall–Kier alpha value is -0.120. The third kappa shape index (κ3) is 5.88. The van der Waals surface area contributed by atoms with Gasteiger partial charge in [0, 0.05) is 19.8 Å². The van der Waals surface area contributed by atoms with Crippen LogP contribution in [0.5, 0.6) is 0 Å². The molecule has 0 amide bonds. The third-order valence-electron chi connectivity index (χ3n) is 0.781. The maximum Gasteiger partial charge on any atom is 0.0478 e. The summed E-state index contributed by atoms with van der Waals surface area (Å²) in [5.74, 6) is 0. The van der Waals surface area contributed by atoms with Crippen molar-refractivity contribution < 1.29 is 9.94 Å². The largest absolute Gasteiger partial charge is 0.382 e. The molecular weight excluding hydrogens is 106 g/mol. The average Bonchev–Trinajstić information content (AvgIpc) is 1.81. The fourth-order valence-corrected chi connectivity index (χ4v) is 0.398. The molecule has 0 spiro atoms. The number of nitrogens with one attached hydrogen (secondary N) is 1. The van der Waals surface area contributed by atoms with Crippen LogP contribution < -0.4 is 5.48 Å². The van der Waals surface area contributed by atoms with Gasteiger partial charge >= 0.3 is 0 Å². The topological polar surface area (TPSA) is 41.5 Å². The SMILES string of the molecule is CCOCCCNO. The molecule has 0 saturated carbocycles. The molecule has 0 saturated heterocycles. The highest BCUT2D eigenvalue weighted by Crippen LogP contribution is 1.77. The molecule has 0 aliphatic heterocycles. The average molecular weight is 119 g/mol. The van der Waals surface area contributed by atoms with Crippen molar-refractivity contribution in [2.24, 2.45) is 0 Å². The summed E-state index contributed by atoms with van der Waals surface area (Å²) in [6.07, 6.45) is 0.865. The summed E-state index contributed by atoms with van der Waals surface area (Å²) >= 11 is 0. The summed E-state index contributed by atoms with van der Waals surface area (Å²) in [7, 11) is 0. The maximum atomic E-state index is 8.06. The van der Waals surface area contributed by atoms with E-state index in [0.717, 1.165) is 19.6 Å². The molecule has 0 atom stereocenters. The molecule has 3 heteroatoms. The van der Waals surface area contributed by atoms with Gasteiger partial charge in [0.2, 0.25) is 0 Å². The Labute approximate surface area is 49.6 Å². The van der Waals surface area contributed by atoms with Crippen LogP contribution in [-0.4, -0.2) is 25.0 Å². The molecule has 0 unspecified atom stereocenters. The van der Waals surface area contributed by atoms with Gasteiger partial charge in [-0.1, -0.05) is 0 Å². The van der Waals surface area contributed by atoms with Crippen molar-refractivity contribution in [1.82, 2.24) is 5.48 Å². The quantitative estimate of drug-likeness (QED) is 0.406. The van der Waals surface area contributed by atoms with Crippen molar-refractivity contribution in [3.63, 3.8) is 0 Å². The van der Waals surface area contributed by atoms with Crippen LogP contribution in [0.25, 0.3) is 0 Å². The highest BCUT2D eigenvalue weighted by molar-refractivity contribution is 4.34. The Kier molecular flexibility index (Phi) is 6.78. The molecule has 0 fully saturated rings. The molecular formula is C5H13NO2. The van der Waals surface area contributed by atoms with Gasteiger partial charge in [-0.05, 0) is 13.3 Å². The second-order valence-electron chi connectivity index (χ2n) is 1.46. The lowest BCUT2D eigenvalue weighted by Crippen LogP contribution is -2.10. The van der Waals surface area contributed by atoms with Gasteiger partial charge in [0.15, 0.2) is 0 Å². The first-order chi connectivity index (χ1) is 3.91. The smallest absolute Gasteiger partial charge is 0.0478 e. The van der Waals surface area contributed by atoms with E-state index in [2.05, 4.69) is 0 Å². The zero-order valence-electron chi connectivity index (χ0n) is 5.18. The predicted molar refractivity (Wildman–Crippen MR) is 30.9 cm³/mol. The summed E-state index contributed by atoms with van der Waals surface area (Å²) in [6.45, 7) is 4.04. The standard InChI is InChI=1S/C5H13NO2/c1-2-8-5-3-4-6-7/h6-7H,2-5H2,1H3. The molecule has 0 bridgehead atoms. The maximum absolute atomic E-state index is 8.06. The summed E-state index contributed by atoms with van der Waals surface area (Å²) in [6, 6.07) is 0. The second kappa shape index (κ2) is 6.88. The monoisotopic (exact) mass is 119 g/mol. The fraction of sp³-hybridized carbons (Fsp3) is 1.00. The predicted octanol–water partition coefficient (Wildman–Crippen LogP) is 0.392. The fourth-order valence-electron chi connectivity index (χ4n) is 0.398. The number of ether oxygens (including phenoxy) is 1. The minimum atomic E-state index is 0.611. The van der Waals surface area contributed by atoms with E-state index < -0.39 is 0 Å². The van der Waals surface area contributed by atoms with Crippen LogP contribution in [0.2, 0.25) is 0 Å². The lowest BCUT2D eigenvalue weighted by atomic mass is 10.5. The van der Waals surface area contributed by atoms with Crippen molar-refractivity contribution in [2.75, 3.05) is 19.8 Å². The van der Waals surface area contributed by atoms with Crippen LogP contribution in [0.3, 0.4) is 0 Å². The van der Waals surface area contributed by atoms with Gasteiger partial charge in [-0.2, -0.15) is 0 Å². The van der Waals surface area contributed by atoms with Crippen molar-refractivity contribution in [3.05, 3.63) is 0 Å². The van der Waals surface area contributed by atoms with Gasteiger partial charge in [-0.15, -0.1) is 0 Å². The summed E-state index contributed by atoms with van der Waals surface area (Å²) in [5.41, 5.74) is 2.05. The molecule has 0 aliphatic carbocycles. The zero-order valence-corrected chi connectivity index (χ0v) is 5.18. The second-order valence-corrected chi connectivity index (χ2v) is 1.46. The number of rotatable bonds is 5. The van der Waals surface area contributed by atoms with Crippen LogP contribution in [0.15, 0.2) is 0 Å². The number of hydroxylamine groups is 1. The minimum Gasteiger partial charge on any atom is -0.382 e. The lowest BCUT2D eigenvalue weighted by Gasteiger charge is -1.97. The molecule has 2 N–H and O–H groups in total. The summed E-state index contributed by atoms with van der Waals surface area (Å²) in [5, 5.41) is 8.06. The Morgan fingerprint density at radius 2 is 2.38 bits per heavy atom. The van der Waals surface area contributed by atoms with Gasteiger partial charge in [-0.3, -0.25) is 0 Å². The van der Waals surface area contributed by atoms with E-state index in [-0.39, 0.29) is 0 Å². The molecule has 0 aromatic heterocycles. The van der Waals surface area contributed by atoms with E-state index in [1.807, 2.05) is 12.4 Å². The lowest BCUT2D eigenvalue weighted by molar-refractivity contribution is 0.119. The Balaban J connectivity index is 2.53. The normalized spacial score (nSPS) is 9.75. The summed E-state index contributed by atoms with van der Waals surface area (Å²) < 4.78 is 4.98. The molecule has 8 heavy (non-hydrogen) atoms. The molecule has 0 rings (SSSR count). The van der Waals surface area contributed by atoms with Crippen LogP contribution in [0.4, 0.5) is 0 Å². The molecule has 0 aliphatic rings. The van der Waals surface area contributed by atoms with E-state index in [9.17, 15) is 0 Å². The molecule has 0 radical (unpaired) electrons. The first-order valence-electron chi connectivity index (χ1n) is 2.86. The van der Waals surface area contributed by atoms with E-state index in [0.29, 0.717) is 6.54 Å². The van der Waals surface area contributed by atoms with E-state index in [1.165, 1.54) is 0 Å². The number of hydrogen-bond acceptors (Lipinski definition) is 3. The Morgan fingerprint density at radius 3 is 2.88 bits per heavy atom. The van der Waals surface area contributed by atoms with Gasteiger partial charge in [-0.25, -0.2) is 5.48 Å². The Bertz CT molecular complexity index is 35.4.